The quantitative estimate of drug-likeness (QED) is 0.492. The molecule has 25 heavy (non-hydrogen) atoms. The predicted molar refractivity (Wildman–Crippen MR) is 101 cm³/mol. The van der Waals surface area contributed by atoms with E-state index in [0.717, 1.165) is 12.0 Å². The van der Waals surface area contributed by atoms with E-state index < -0.39 is 10.0 Å². The van der Waals surface area contributed by atoms with E-state index in [9.17, 15) is 8.42 Å². The minimum Gasteiger partial charge on any atom is -0.370 e. The molecule has 0 aliphatic carbocycles. The zero-order valence-electron chi connectivity index (χ0n) is 14.3. The van der Waals surface area contributed by atoms with Crippen LogP contribution < -0.4 is 15.8 Å². The molecule has 2 aromatic carbocycles. The smallest absolute Gasteiger partial charge is 0.240 e. The van der Waals surface area contributed by atoms with Crippen molar-refractivity contribution in [3.8, 4) is 0 Å². The molecular weight excluding hydrogens is 336 g/mol. The van der Waals surface area contributed by atoms with Crippen molar-refractivity contribution in [3.63, 3.8) is 0 Å². The molecule has 0 radical (unpaired) electrons. The lowest BCUT2D eigenvalue weighted by atomic mass is 10.1. The van der Waals surface area contributed by atoms with Gasteiger partial charge in [-0.15, -0.1) is 0 Å². The topological polar surface area (TPSA) is 96.6 Å². The van der Waals surface area contributed by atoms with E-state index in [-0.39, 0.29) is 4.90 Å². The fourth-order valence-corrected chi connectivity index (χ4v) is 3.30. The summed E-state index contributed by atoms with van der Waals surface area (Å²) >= 11 is 0. The lowest BCUT2D eigenvalue weighted by Gasteiger charge is -2.07. The number of aliphatic imine (C=N–C) groups is 1. The highest BCUT2D eigenvalue weighted by Crippen LogP contribution is 2.11. The van der Waals surface area contributed by atoms with Gasteiger partial charge in [0.25, 0.3) is 0 Å². The summed E-state index contributed by atoms with van der Waals surface area (Å²) in [5, 5.41) is 3.08. The summed E-state index contributed by atoms with van der Waals surface area (Å²) in [4.78, 5) is 4.52. The van der Waals surface area contributed by atoms with Gasteiger partial charge in [0.1, 0.15) is 0 Å². The number of benzene rings is 2. The number of sulfonamides is 1. The molecule has 0 saturated heterocycles. The van der Waals surface area contributed by atoms with Crippen LogP contribution in [0.1, 0.15) is 18.1 Å². The number of hydrogen-bond acceptors (Lipinski definition) is 3. The first-order chi connectivity index (χ1) is 12.0. The van der Waals surface area contributed by atoms with Crippen molar-refractivity contribution in [1.82, 2.24) is 10.0 Å². The van der Waals surface area contributed by atoms with Crippen LogP contribution in [-0.2, 0) is 23.0 Å². The van der Waals surface area contributed by atoms with Gasteiger partial charge in [0, 0.05) is 13.1 Å². The zero-order valence-corrected chi connectivity index (χ0v) is 15.1. The largest absolute Gasteiger partial charge is 0.370 e. The molecular formula is C18H24N4O2S. The molecule has 0 atom stereocenters. The number of guanidine groups is 1. The third kappa shape index (κ3) is 6.21. The van der Waals surface area contributed by atoms with Gasteiger partial charge < -0.3 is 11.1 Å². The molecule has 6 nitrogen and oxygen atoms in total. The van der Waals surface area contributed by atoms with Crippen molar-refractivity contribution in [2.24, 2.45) is 10.7 Å². The van der Waals surface area contributed by atoms with Gasteiger partial charge in [-0.25, -0.2) is 18.1 Å². The fourth-order valence-electron chi connectivity index (χ4n) is 2.26. The molecule has 2 rings (SSSR count). The normalized spacial score (nSPS) is 12.1. The van der Waals surface area contributed by atoms with Crippen LogP contribution in [0.3, 0.4) is 0 Å². The Morgan fingerprint density at radius 1 is 1.04 bits per heavy atom. The second kappa shape index (κ2) is 9.19. The Morgan fingerprint density at radius 3 is 2.36 bits per heavy atom. The fraction of sp³-hybridized carbons (Fsp3) is 0.278. The lowest BCUT2D eigenvalue weighted by Crippen LogP contribution is -2.33. The molecule has 0 amide bonds. The van der Waals surface area contributed by atoms with Crippen molar-refractivity contribution >= 4 is 16.0 Å². The van der Waals surface area contributed by atoms with Gasteiger partial charge in [0.2, 0.25) is 10.0 Å². The third-order valence-corrected chi connectivity index (χ3v) is 5.12. The molecule has 0 saturated carbocycles. The standard InChI is InChI=1S/C18H24N4O2S/c1-2-22-25(23,24)17-10-8-16(9-11-17)14-21-18(19)20-13-12-15-6-4-3-5-7-15/h3-11,22H,2,12-14H2,1H3,(H3,19,20,21). The summed E-state index contributed by atoms with van der Waals surface area (Å²) in [7, 11) is -3.42. The molecule has 0 heterocycles. The number of rotatable bonds is 8. The van der Waals surface area contributed by atoms with E-state index in [1.54, 1.807) is 31.2 Å². The average molecular weight is 360 g/mol. The van der Waals surface area contributed by atoms with Gasteiger partial charge >= 0.3 is 0 Å². The number of nitrogens with two attached hydrogens (primary N) is 1. The van der Waals surface area contributed by atoms with Gasteiger partial charge in [-0.1, -0.05) is 49.4 Å². The van der Waals surface area contributed by atoms with Crippen molar-refractivity contribution in [2.75, 3.05) is 13.1 Å². The van der Waals surface area contributed by atoms with E-state index in [1.807, 2.05) is 18.2 Å². The van der Waals surface area contributed by atoms with E-state index in [2.05, 4.69) is 27.2 Å². The molecule has 0 aliphatic heterocycles. The second-order valence-electron chi connectivity index (χ2n) is 5.51. The number of nitrogens with zero attached hydrogens (tertiary/aromatic N) is 1. The zero-order chi connectivity index (χ0) is 18.1. The van der Waals surface area contributed by atoms with Crippen LogP contribution in [-0.4, -0.2) is 27.5 Å². The SMILES string of the molecule is CCNS(=O)(=O)c1ccc(CN=C(N)NCCc2ccccc2)cc1. The molecule has 7 heteroatoms. The third-order valence-electron chi connectivity index (χ3n) is 3.56. The highest BCUT2D eigenvalue weighted by atomic mass is 32.2. The lowest BCUT2D eigenvalue weighted by molar-refractivity contribution is 0.584. The van der Waals surface area contributed by atoms with Crippen LogP contribution in [0.4, 0.5) is 0 Å². The summed E-state index contributed by atoms with van der Waals surface area (Å²) in [6.07, 6.45) is 0.869. The Labute approximate surface area is 149 Å². The maximum Gasteiger partial charge on any atom is 0.240 e. The Kier molecular flexibility index (Phi) is 6.97. The summed E-state index contributed by atoms with van der Waals surface area (Å²) in [5.74, 6) is 0.375. The van der Waals surface area contributed by atoms with Crippen LogP contribution in [0, 0.1) is 0 Å². The van der Waals surface area contributed by atoms with Gasteiger partial charge in [-0.05, 0) is 29.7 Å². The van der Waals surface area contributed by atoms with Crippen molar-refractivity contribution in [1.29, 1.82) is 0 Å². The van der Waals surface area contributed by atoms with Crippen LogP contribution in [0.5, 0.6) is 0 Å². The van der Waals surface area contributed by atoms with Crippen LogP contribution >= 0.6 is 0 Å². The van der Waals surface area contributed by atoms with Crippen LogP contribution in [0.25, 0.3) is 0 Å². The highest BCUT2D eigenvalue weighted by Gasteiger charge is 2.11. The summed E-state index contributed by atoms with van der Waals surface area (Å²) in [6.45, 7) is 3.21. The van der Waals surface area contributed by atoms with E-state index >= 15 is 0 Å². The first-order valence-electron chi connectivity index (χ1n) is 8.17. The Morgan fingerprint density at radius 2 is 1.72 bits per heavy atom. The maximum absolute atomic E-state index is 11.9. The minimum absolute atomic E-state index is 0.246. The van der Waals surface area contributed by atoms with Gasteiger partial charge in [0.15, 0.2) is 5.96 Å². The van der Waals surface area contributed by atoms with Gasteiger partial charge in [0.05, 0.1) is 11.4 Å². The first-order valence-corrected chi connectivity index (χ1v) is 9.66. The van der Waals surface area contributed by atoms with Crippen molar-refractivity contribution in [3.05, 3.63) is 65.7 Å². The molecule has 0 fully saturated rings. The molecule has 134 valence electrons. The summed E-state index contributed by atoms with van der Waals surface area (Å²) in [5.41, 5.74) is 7.99. The molecule has 0 aromatic heterocycles. The van der Waals surface area contributed by atoms with Crippen LogP contribution in [0.2, 0.25) is 0 Å². The molecule has 2 aromatic rings. The van der Waals surface area contributed by atoms with E-state index in [0.29, 0.717) is 25.6 Å². The van der Waals surface area contributed by atoms with Crippen LogP contribution in [0.15, 0.2) is 64.5 Å². The second-order valence-corrected chi connectivity index (χ2v) is 7.28. The summed E-state index contributed by atoms with van der Waals surface area (Å²) < 4.78 is 26.2. The Hall–Kier alpha value is -2.38. The summed E-state index contributed by atoms with van der Waals surface area (Å²) in [6, 6.07) is 16.8. The molecule has 0 bridgehead atoms. The molecule has 4 N–H and O–H groups in total. The number of hydrogen-bond donors (Lipinski definition) is 3. The molecule has 0 aliphatic rings. The minimum atomic E-state index is -3.42. The Balaban J connectivity index is 1.84. The number of nitrogens with one attached hydrogen (secondary N) is 2. The van der Waals surface area contributed by atoms with Crippen molar-refractivity contribution in [2.45, 2.75) is 24.8 Å². The van der Waals surface area contributed by atoms with E-state index in [1.165, 1.54) is 5.56 Å². The molecule has 0 spiro atoms. The van der Waals surface area contributed by atoms with Gasteiger partial charge in [-0.3, -0.25) is 0 Å². The predicted octanol–water partition coefficient (Wildman–Crippen LogP) is 1.63. The Bertz CT molecular complexity index is 788. The average Bonchev–Trinajstić information content (AvgIpc) is 2.61. The van der Waals surface area contributed by atoms with Gasteiger partial charge in [-0.2, -0.15) is 0 Å². The maximum atomic E-state index is 11.9. The molecule has 0 unspecified atom stereocenters. The monoisotopic (exact) mass is 360 g/mol. The van der Waals surface area contributed by atoms with E-state index in [4.69, 9.17) is 5.73 Å². The van der Waals surface area contributed by atoms with Crippen molar-refractivity contribution < 1.29 is 8.42 Å². The first kappa shape index (κ1) is 19.0. The highest BCUT2D eigenvalue weighted by molar-refractivity contribution is 7.89.